The second-order valence-electron chi connectivity index (χ2n) is 4.94. The zero-order valence-electron chi connectivity index (χ0n) is 11.7. The molecule has 0 saturated carbocycles. The Morgan fingerprint density at radius 3 is 2.47 bits per heavy atom. The molecule has 0 radical (unpaired) electrons. The third-order valence-electron chi connectivity index (χ3n) is 3.21. The van der Waals surface area contributed by atoms with Crippen molar-refractivity contribution >= 4 is 0 Å². The maximum Gasteiger partial charge on any atom is 0.133 e. The largest absolute Gasteiger partial charge is 0.319 e. The molecule has 19 heavy (non-hydrogen) atoms. The Morgan fingerprint density at radius 2 is 1.84 bits per heavy atom. The fraction of sp³-hybridized carbons (Fsp3) is 0.400. The van der Waals surface area contributed by atoms with Crippen molar-refractivity contribution in [1.29, 1.82) is 0 Å². The van der Waals surface area contributed by atoms with Crippen LogP contribution in [0.2, 0.25) is 0 Å². The van der Waals surface area contributed by atoms with E-state index in [-0.39, 0.29) is 0 Å². The van der Waals surface area contributed by atoms with Gasteiger partial charge >= 0.3 is 0 Å². The molecule has 2 aromatic rings. The summed E-state index contributed by atoms with van der Waals surface area (Å²) in [5, 5.41) is 3.22. The number of hydrogen-bond acceptors (Lipinski definition) is 4. The Labute approximate surface area is 114 Å². The number of nitrogens with one attached hydrogen (secondary N) is 1. The maximum atomic E-state index is 4.70. The van der Waals surface area contributed by atoms with E-state index < -0.39 is 0 Å². The van der Waals surface area contributed by atoms with Crippen molar-refractivity contribution in [1.82, 2.24) is 20.3 Å². The first-order valence-electron chi connectivity index (χ1n) is 6.60. The number of hydrogen-bond donors (Lipinski definition) is 1. The molecule has 0 aliphatic heterocycles. The second kappa shape index (κ2) is 6.38. The lowest BCUT2D eigenvalue weighted by molar-refractivity contribution is 0.458. The van der Waals surface area contributed by atoms with Gasteiger partial charge in [-0.05, 0) is 31.2 Å². The highest BCUT2D eigenvalue weighted by molar-refractivity contribution is 5.57. The SMILES string of the molecule is CNCC(c1nccc(-c2ccncc2)n1)C(C)C. The third-order valence-corrected chi connectivity index (χ3v) is 3.21. The highest BCUT2D eigenvalue weighted by Crippen LogP contribution is 2.23. The Bertz CT molecular complexity index is 511. The predicted molar refractivity (Wildman–Crippen MR) is 76.8 cm³/mol. The fourth-order valence-corrected chi connectivity index (χ4v) is 2.08. The number of aromatic nitrogens is 3. The molecule has 0 spiro atoms. The molecule has 1 unspecified atom stereocenters. The summed E-state index contributed by atoms with van der Waals surface area (Å²) in [7, 11) is 1.96. The summed E-state index contributed by atoms with van der Waals surface area (Å²) in [4.78, 5) is 13.2. The summed E-state index contributed by atoms with van der Waals surface area (Å²) in [6.07, 6.45) is 5.40. The van der Waals surface area contributed by atoms with Gasteiger partial charge < -0.3 is 5.32 Å². The lowest BCUT2D eigenvalue weighted by Crippen LogP contribution is -2.23. The standard InChI is InChI=1S/C15H20N4/c1-11(2)13(10-16-3)15-18-9-6-14(19-15)12-4-7-17-8-5-12/h4-9,11,13,16H,10H2,1-3H3. The molecule has 4 heteroatoms. The van der Waals surface area contributed by atoms with Crippen LogP contribution in [0.4, 0.5) is 0 Å². The van der Waals surface area contributed by atoms with Gasteiger partial charge in [0.1, 0.15) is 5.82 Å². The highest BCUT2D eigenvalue weighted by Gasteiger charge is 2.18. The molecule has 0 aromatic carbocycles. The van der Waals surface area contributed by atoms with Gasteiger partial charge in [0.25, 0.3) is 0 Å². The topological polar surface area (TPSA) is 50.7 Å². The lowest BCUT2D eigenvalue weighted by Gasteiger charge is -2.19. The van der Waals surface area contributed by atoms with E-state index in [1.807, 2.05) is 31.4 Å². The molecule has 100 valence electrons. The maximum absolute atomic E-state index is 4.70. The van der Waals surface area contributed by atoms with Gasteiger partial charge in [0, 0.05) is 36.6 Å². The molecule has 0 aliphatic carbocycles. The number of pyridine rings is 1. The minimum Gasteiger partial charge on any atom is -0.319 e. The molecule has 0 aliphatic rings. The van der Waals surface area contributed by atoms with Crippen LogP contribution in [-0.4, -0.2) is 28.5 Å². The first-order chi connectivity index (χ1) is 9.22. The van der Waals surface area contributed by atoms with Crippen LogP contribution in [0.5, 0.6) is 0 Å². The van der Waals surface area contributed by atoms with Crippen LogP contribution in [0.15, 0.2) is 36.8 Å². The molecule has 0 fully saturated rings. The quantitative estimate of drug-likeness (QED) is 0.893. The van der Waals surface area contributed by atoms with Crippen molar-refractivity contribution in [2.45, 2.75) is 19.8 Å². The Morgan fingerprint density at radius 1 is 1.11 bits per heavy atom. The van der Waals surface area contributed by atoms with Gasteiger partial charge in [-0.25, -0.2) is 9.97 Å². The molecule has 0 bridgehead atoms. The van der Waals surface area contributed by atoms with Gasteiger partial charge in [0.05, 0.1) is 5.69 Å². The number of rotatable bonds is 5. The first-order valence-corrected chi connectivity index (χ1v) is 6.60. The zero-order chi connectivity index (χ0) is 13.7. The molecule has 2 heterocycles. The van der Waals surface area contributed by atoms with Crippen LogP contribution in [0, 0.1) is 5.92 Å². The molecule has 2 rings (SSSR count). The average molecular weight is 256 g/mol. The third kappa shape index (κ3) is 3.35. The van der Waals surface area contributed by atoms with E-state index in [0.717, 1.165) is 23.6 Å². The summed E-state index contributed by atoms with van der Waals surface area (Å²) in [5.74, 6) is 1.73. The van der Waals surface area contributed by atoms with Crippen molar-refractivity contribution in [2.75, 3.05) is 13.6 Å². The van der Waals surface area contributed by atoms with Crippen molar-refractivity contribution in [3.63, 3.8) is 0 Å². The van der Waals surface area contributed by atoms with E-state index in [0.29, 0.717) is 11.8 Å². The minimum atomic E-state index is 0.326. The zero-order valence-corrected chi connectivity index (χ0v) is 11.7. The van der Waals surface area contributed by atoms with Crippen LogP contribution in [0.1, 0.15) is 25.6 Å². The van der Waals surface area contributed by atoms with Crippen molar-refractivity contribution in [3.8, 4) is 11.3 Å². The number of likely N-dealkylation sites (N-methyl/N-ethyl adjacent to an activating group) is 1. The molecule has 1 atom stereocenters. The Hall–Kier alpha value is -1.81. The monoisotopic (exact) mass is 256 g/mol. The minimum absolute atomic E-state index is 0.326. The van der Waals surface area contributed by atoms with Crippen LogP contribution in [0.3, 0.4) is 0 Å². The predicted octanol–water partition coefficient (Wildman–Crippen LogP) is 2.50. The molecular weight excluding hydrogens is 236 g/mol. The highest BCUT2D eigenvalue weighted by atomic mass is 14.9. The molecule has 0 saturated heterocycles. The van der Waals surface area contributed by atoms with E-state index in [2.05, 4.69) is 29.1 Å². The molecule has 1 N–H and O–H groups in total. The van der Waals surface area contributed by atoms with Gasteiger partial charge in [-0.2, -0.15) is 0 Å². The Kier molecular flexibility index (Phi) is 4.58. The van der Waals surface area contributed by atoms with Gasteiger partial charge in [0.2, 0.25) is 0 Å². The second-order valence-corrected chi connectivity index (χ2v) is 4.94. The molecule has 2 aromatic heterocycles. The van der Waals surface area contributed by atoms with Crippen molar-refractivity contribution < 1.29 is 0 Å². The number of nitrogens with zero attached hydrogens (tertiary/aromatic N) is 3. The van der Waals surface area contributed by atoms with Crippen LogP contribution in [-0.2, 0) is 0 Å². The summed E-state index contributed by atoms with van der Waals surface area (Å²) in [6, 6.07) is 5.87. The van der Waals surface area contributed by atoms with Crippen LogP contribution < -0.4 is 5.32 Å². The average Bonchev–Trinajstić information content (AvgIpc) is 2.45. The van der Waals surface area contributed by atoms with E-state index in [1.54, 1.807) is 12.4 Å². The fourth-order valence-electron chi connectivity index (χ4n) is 2.08. The Balaban J connectivity index is 2.33. The summed E-state index contributed by atoms with van der Waals surface area (Å²) >= 11 is 0. The first kappa shape index (κ1) is 13.6. The summed E-state index contributed by atoms with van der Waals surface area (Å²) in [6.45, 7) is 5.28. The van der Waals surface area contributed by atoms with Crippen molar-refractivity contribution in [2.24, 2.45) is 5.92 Å². The lowest BCUT2D eigenvalue weighted by atomic mass is 9.94. The summed E-state index contributed by atoms with van der Waals surface area (Å²) in [5.41, 5.74) is 2.03. The van der Waals surface area contributed by atoms with Gasteiger partial charge in [-0.3, -0.25) is 4.98 Å². The smallest absolute Gasteiger partial charge is 0.133 e. The summed E-state index contributed by atoms with van der Waals surface area (Å²) < 4.78 is 0. The van der Waals surface area contributed by atoms with E-state index >= 15 is 0 Å². The van der Waals surface area contributed by atoms with Gasteiger partial charge in [0.15, 0.2) is 0 Å². The van der Waals surface area contributed by atoms with Gasteiger partial charge in [-0.1, -0.05) is 13.8 Å². The molecule has 4 nitrogen and oxygen atoms in total. The molecule has 0 amide bonds. The van der Waals surface area contributed by atoms with Crippen molar-refractivity contribution in [3.05, 3.63) is 42.6 Å². The van der Waals surface area contributed by atoms with E-state index in [9.17, 15) is 0 Å². The van der Waals surface area contributed by atoms with Crippen LogP contribution in [0.25, 0.3) is 11.3 Å². The van der Waals surface area contributed by atoms with E-state index in [4.69, 9.17) is 4.98 Å². The van der Waals surface area contributed by atoms with E-state index in [1.165, 1.54) is 0 Å². The van der Waals surface area contributed by atoms with Crippen LogP contribution >= 0.6 is 0 Å². The van der Waals surface area contributed by atoms with Gasteiger partial charge in [-0.15, -0.1) is 0 Å². The molecular formula is C15H20N4. The normalized spacial score (nSPS) is 12.6.